The Morgan fingerprint density at radius 1 is 1.26 bits per heavy atom. The Balaban J connectivity index is 0.00000484. The molecule has 2 N–H and O–H groups in total. The van der Waals surface area contributed by atoms with E-state index in [0.29, 0.717) is 19.1 Å². The molecule has 0 amide bonds. The van der Waals surface area contributed by atoms with E-state index in [-0.39, 0.29) is 24.0 Å². The number of aliphatic imine (C=N–C) groups is 1. The van der Waals surface area contributed by atoms with Crippen molar-refractivity contribution in [2.75, 3.05) is 38.7 Å². The van der Waals surface area contributed by atoms with Gasteiger partial charge in [0.05, 0.1) is 6.61 Å². The van der Waals surface area contributed by atoms with E-state index in [4.69, 9.17) is 9.47 Å². The van der Waals surface area contributed by atoms with Gasteiger partial charge in [-0.05, 0) is 25.0 Å². The molecule has 0 atom stereocenters. The zero-order chi connectivity index (χ0) is 16.2. The number of nitrogens with zero attached hydrogens (tertiary/aromatic N) is 1. The van der Waals surface area contributed by atoms with Crippen LogP contribution in [0.4, 0.5) is 5.69 Å². The normalized spacial score (nSPS) is 11.1. The van der Waals surface area contributed by atoms with Crippen LogP contribution in [0.25, 0.3) is 0 Å². The number of rotatable bonds is 9. The van der Waals surface area contributed by atoms with Crippen molar-refractivity contribution in [3.63, 3.8) is 0 Å². The van der Waals surface area contributed by atoms with E-state index < -0.39 is 0 Å². The van der Waals surface area contributed by atoms with Crippen LogP contribution < -0.4 is 15.4 Å². The van der Waals surface area contributed by atoms with Gasteiger partial charge in [-0.2, -0.15) is 0 Å². The van der Waals surface area contributed by atoms with E-state index in [1.165, 1.54) is 0 Å². The maximum Gasteiger partial charge on any atom is 0.195 e. The zero-order valence-corrected chi connectivity index (χ0v) is 16.9. The third-order valence-corrected chi connectivity index (χ3v) is 2.82. The molecule has 0 saturated carbocycles. The molecule has 0 spiro atoms. The van der Waals surface area contributed by atoms with Gasteiger partial charge in [0.25, 0.3) is 0 Å². The molecule has 1 rings (SSSR count). The summed E-state index contributed by atoms with van der Waals surface area (Å²) in [6.07, 6.45) is 0.882. The van der Waals surface area contributed by atoms with Crippen molar-refractivity contribution in [1.82, 2.24) is 5.32 Å². The molecular weight excluding hydrogens is 405 g/mol. The minimum atomic E-state index is 0. The van der Waals surface area contributed by atoms with Crippen molar-refractivity contribution in [2.24, 2.45) is 10.9 Å². The lowest BCUT2D eigenvalue weighted by Crippen LogP contribution is -2.31. The monoisotopic (exact) mass is 435 g/mol. The molecule has 132 valence electrons. The van der Waals surface area contributed by atoms with Gasteiger partial charge in [0.1, 0.15) is 5.75 Å². The molecule has 0 radical (unpaired) electrons. The van der Waals surface area contributed by atoms with Crippen molar-refractivity contribution in [3.05, 3.63) is 24.3 Å². The topological polar surface area (TPSA) is 54.9 Å². The summed E-state index contributed by atoms with van der Waals surface area (Å²) >= 11 is 0. The van der Waals surface area contributed by atoms with E-state index in [1.807, 2.05) is 24.3 Å². The minimum Gasteiger partial charge on any atom is -0.493 e. The Kier molecular flexibility index (Phi) is 12.8. The molecule has 0 aromatic heterocycles. The van der Waals surface area contributed by atoms with Crippen LogP contribution in [-0.4, -0.2) is 39.4 Å². The molecule has 1 aromatic carbocycles. The van der Waals surface area contributed by atoms with Crippen LogP contribution in [0.15, 0.2) is 29.3 Å². The van der Waals surface area contributed by atoms with Crippen LogP contribution in [0.3, 0.4) is 0 Å². The number of hydrogen-bond donors (Lipinski definition) is 2. The molecule has 0 saturated heterocycles. The van der Waals surface area contributed by atoms with Gasteiger partial charge in [0.15, 0.2) is 5.96 Å². The lowest BCUT2D eigenvalue weighted by atomic mass is 10.2. The summed E-state index contributed by atoms with van der Waals surface area (Å²) in [7, 11) is 1.70. The molecule has 1 aromatic rings. The third kappa shape index (κ3) is 10.4. The second-order valence-corrected chi connectivity index (χ2v) is 5.46. The summed E-state index contributed by atoms with van der Waals surface area (Å²) in [5.74, 6) is 2.18. The zero-order valence-electron chi connectivity index (χ0n) is 14.6. The highest BCUT2D eigenvalue weighted by Gasteiger charge is 2.02. The van der Waals surface area contributed by atoms with E-state index in [0.717, 1.165) is 36.9 Å². The number of nitrogens with one attached hydrogen (secondary N) is 2. The molecule has 0 aliphatic carbocycles. The van der Waals surface area contributed by atoms with Gasteiger partial charge < -0.3 is 20.1 Å². The first-order chi connectivity index (χ1) is 10.7. The van der Waals surface area contributed by atoms with E-state index in [9.17, 15) is 0 Å². The summed E-state index contributed by atoms with van der Waals surface area (Å²) in [6.45, 7) is 9.36. The minimum absolute atomic E-state index is 0. The Bertz CT molecular complexity index is 453. The molecular formula is C17H30IN3O2. The highest BCUT2D eigenvalue weighted by molar-refractivity contribution is 14.0. The maximum absolute atomic E-state index is 5.71. The fraction of sp³-hybridized carbons (Fsp3) is 0.588. The summed E-state index contributed by atoms with van der Waals surface area (Å²) in [5.41, 5.74) is 0.965. The number of hydrogen-bond acceptors (Lipinski definition) is 3. The van der Waals surface area contributed by atoms with Gasteiger partial charge in [-0.15, -0.1) is 24.0 Å². The quantitative estimate of drug-likeness (QED) is 0.269. The average Bonchev–Trinajstić information content (AvgIpc) is 2.50. The smallest absolute Gasteiger partial charge is 0.195 e. The standard InChI is InChI=1S/C17H29N3O2.HI/c1-5-18-17(19-13-14(2)3)20-15-8-6-9-16(12-15)22-11-7-10-21-4;/h6,8-9,12,14H,5,7,10-11,13H2,1-4H3,(H2,18,19,20);1H. The van der Waals surface area contributed by atoms with Crippen molar-refractivity contribution >= 4 is 35.6 Å². The van der Waals surface area contributed by atoms with Crippen LogP contribution >= 0.6 is 24.0 Å². The first kappa shape index (κ1) is 22.0. The number of ether oxygens (including phenoxy) is 2. The van der Waals surface area contributed by atoms with Gasteiger partial charge in [-0.25, -0.2) is 0 Å². The van der Waals surface area contributed by atoms with Crippen LogP contribution in [0.1, 0.15) is 27.2 Å². The lowest BCUT2D eigenvalue weighted by molar-refractivity contribution is 0.172. The Morgan fingerprint density at radius 2 is 2.04 bits per heavy atom. The molecule has 0 heterocycles. The second-order valence-electron chi connectivity index (χ2n) is 5.46. The number of benzene rings is 1. The second kappa shape index (κ2) is 13.4. The highest BCUT2D eigenvalue weighted by Crippen LogP contribution is 2.17. The van der Waals surface area contributed by atoms with Crippen LogP contribution in [0, 0.1) is 5.92 Å². The van der Waals surface area contributed by atoms with Crippen molar-refractivity contribution < 1.29 is 9.47 Å². The Morgan fingerprint density at radius 3 is 2.70 bits per heavy atom. The number of anilines is 1. The van der Waals surface area contributed by atoms with Crippen molar-refractivity contribution in [1.29, 1.82) is 0 Å². The SMILES string of the molecule is CCNC(=NCC(C)C)Nc1cccc(OCCCOC)c1.I. The van der Waals surface area contributed by atoms with Crippen LogP contribution in [0.2, 0.25) is 0 Å². The molecule has 0 unspecified atom stereocenters. The molecule has 0 aliphatic heterocycles. The summed E-state index contributed by atoms with van der Waals surface area (Å²) in [4.78, 5) is 4.56. The summed E-state index contributed by atoms with van der Waals surface area (Å²) < 4.78 is 10.7. The lowest BCUT2D eigenvalue weighted by Gasteiger charge is -2.13. The van der Waals surface area contributed by atoms with Gasteiger partial charge in [-0.1, -0.05) is 19.9 Å². The van der Waals surface area contributed by atoms with Gasteiger partial charge in [0.2, 0.25) is 0 Å². The van der Waals surface area contributed by atoms with Crippen LogP contribution in [-0.2, 0) is 4.74 Å². The number of guanidine groups is 1. The first-order valence-electron chi connectivity index (χ1n) is 7.92. The first-order valence-corrected chi connectivity index (χ1v) is 7.92. The fourth-order valence-electron chi connectivity index (χ4n) is 1.77. The van der Waals surface area contributed by atoms with E-state index in [2.05, 4.69) is 36.4 Å². The average molecular weight is 435 g/mol. The Hall–Kier alpha value is -1.02. The predicted molar refractivity (Wildman–Crippen MR) is 108 cm³/mol. The summed E-state index contributed by atoms with van der Waals surface area (Å²) in [6, 6.07) is 7.91. The molecule has 0 aliphatic rings. The molecule has 5 nitrogen and oxygen atoms in total. The summed E-state index contributed by atoms with van der Waals surface area (Å²) in [5, 5.41) is 6.56. The van der Waals surface area contributed by atoms with E-state index >= 15 is 0 Å². The molecule has 23 heavy (non-hydrogen) atoms. The molecule has 0 bridgehead atoms. The van der Waals surface area contributed by atoms with Crippen molar-refractivity contribution in [2.45, 2.75) is 27.2 Å². The van der Waals surface area contributed by atoms with Gasteiger partial charge in [-0.3, -0.25) is 4.99 Å². The maximum atomic E-state index is 5.71. The molecule has 6 heteroatoms. The highest BCUT2D eigenvalue weighted by atomic mass is 127. The van der Waals surface area contributed by atoms with Crippen LogP contribution in [0.5, 0.6) is 5.75 Å². The van der Waals surface area contributed by atoms with Gasteiger partial charge in [0, 0.05) is 45.0 Å². The fourth-order valence-corrected chi connectivity index (χ4v) is 1.77. The number of methoxy groups -OCH3 is 1. The number of halogens is 1. The van der Waals surface area contributed by atoms with Gasteiger partial charge >= 0.3 is 0 Å². The van der Waals surface area contributed by atoms with Crippen molar-refractivity contribution in [3.8, 4) is 5.75 Å². The predicted octanol–water partition coefficient (Wildman–Crippen LogP) is 3.75. The Labute approximate surface area is 157 Å². The molecule has 0 fully saturated rings. The largest absolute Gasteiger partial charge is 0.493 e. The third-order valence-electron chi connectivity index (χ3n) is 2.82. The van der Waals surface area contributed by atoms with E-state index in [1.54, 1.807) is 7.11 Å².